The highest BCUT2D eigenvalue weighted by Gasteiger charge is 2.51. The Balaban J connectivity index is 1.61. The Morgan fingerprint density at radius 3 is 2.24 bits per heavy atom. The van der Waals surface area contributed by atoms with Crippen LogP contribution in [0.2, 0.25) is 0 Å². The van der Waals surface area contributed by atoms with E-state index in [1.807, 2.05) is 24.3 Å². The number of benzene rings is 2. The van der Waals surface area contributed by atoms with Crippen LogP contribution in [0.4, 0.5) is 0 Å². The Hall–Kier alpha value is -2.04. The second-order valence-electron chi connectivity index (χ2n) is 7.69. The van der Waals surface area contributed by atoms with Crippen LogP contribution in [0.3, 0.4) is 0 Å². The lowest BCUT2D eigenvalue weighted by Crippen LogP contribution is -2.41. The monoisotopic (exact) mass is 334 g/mol. The van der Waals surface area contributed by atoms with Crippen molar-refractivity contribution in [1.29, 1.82) is 0 Å². The van der Waals surface area contributed by atoms with Crippen LogP contribution in [0.25, 0.3) is 6.08 Å². The normalized spacial score (nSPS) is 23.2. The lowest BCUT2D eigenvalue weighted by molar-refractivity contribution is 0.00578. The quantitative estimate of drug-likeness (QED) is 0.773. The highest BCUT2D eigenvalue weighted by molar-refractivity contribution is 6.62. The topological polar surface area (TPSA) is 27.7 Å². The van der Waals surface area contributed by atoms with Gasteiger partial charge in [0, 0.05) is 5.56 Å². The molecule has 2 aromatic rings. The van der Waals surface area contributed by atoms with Crippen LogP contribution < -0.4 is 10.2 Å². The van der Waals surface area contributed by atoms with E-state index >= 15 is 0 Å². The molecule has 0 N–H and O–H groups in total. The van der Waals surface area contributed by atoms with Crippen LogP contribution in [0, 0.1) is 0 Å². The maximum absolute atomic E-state index is 6.22. The first-order valence-electron chi connectivity index (χ1n) is 8.75. The molecule has 128 valence electrons. The molecule has 1 unspecified atom stereocenters. The predicted molar refractivity (Wildman–Crippen MR) is 101 cm³/mol. The van der Waals surface area contributed by atoms with Crippen LogP contribution in [-0.2, 0) is 9.31 Å². The SMILES string of the molecule is CC1(C)OB(c2ccc3c(c2)OC(c2ccccc2)C=C3)OC1(C)C. The highest BCUT2D eigenvalue weighted by atomic mass is 16.7. The van der Waals surface area contributed by atoms with E-state index in [0.29, 0.717) is 0 Å². The minimum absolute atomic E-state index is 0.0674. The van der Waals surface area contributed by atoms with Gasteiger partial charge in [0.2, 0.25) is 0 Å². The second-order valence-corrected chi connectivity index (χ2v) is 7.69. The van der Waals surface area contributed by atoms with Crippen LogP contribution in [0.5, 0.6) is 5.75 Å². The van der Waals surface area contributed by atoms with E-state index in [1.165, 1.54) is 0 Å². The van der Waals surface area contributed by atoms with E-state index in [-0.39, 0.29) is 24.4 Å². The third-order valence-electron chi connectivity index (χ3n) is 5.40. The molecule has 1 atom stereocenters. The second kappa shape index (κ2) is 5.75. The zero-order chi connectivity index (χ0) is 17.7. The van der Waals surface area contributed by atoms with E-state index in [9.17, 15) is 0 Å². The van der Waals surface area contributed by atoms with Crippen molar-refractivity contribution in [2.75, 3.05) is 0 Å². The van der Waals surface area contributed by atoms with Gasteiger partial charge in [-0.3, -0.25) is 0 Å². The molecule has 4 rings (SSSR count). The van der Waals surface area contributed by atoms with Crippen molar-refractivity contribution in [2.45, 2.75) is 45.0 Å². The average Bonchev–Trinajstić information content (AvgIpc) is 2.82. The first kappa shape index (κ1) is 16.4. The maximum Gasteiger partial charge on any atom is 0.494 e. The Kier molecular flexibility index (Phi) is 3.78. The number of hydrogen-bond acceptors (Lipinski definition) is 3. The van der Waals surface area contributed by atoms with Crippen molar-refractivity contribution in [2.24, 2.45) is 0 Å². The fraction of sp³-hybridized carbons (Fsp3) is 0.333. The summed E-state index contributed by atoms with van der Waals surface area (Å²) in [6.07, 6.45) is 4.14. The molecule has 2 heterocycles. The Bertz CT molecular complexity index is 795. The molecule has 2 aliphatic heterocycles. The molecule has 2 aliphatic rings. The molecular weight excluding hydrogens is 311 g/mol. The molecule has 25 heavy (non-hydrogen) atoms. The molecule has 4 heteroatoms. The fourth-order valence-electron chi connectivity index (χ4n) is 3.11. The van der Waals surface area contributed by atoms with Gasteiger partial charge in [-0.15, -0.1) is 0 Å². The van der Waals surface area contributed by atoms with Gasteiger partial charge < -0.3 is 14.0 Å². The molecule has 3 nitrogen and oxygen atoms in total. The molecule has 1 fully saturated rings. The van der Waals surface area contributed by atoms with Gasteiger partial charge in [0.1, 0.15) is 11.9 Å². The van der Waals surface area contributed by atoms with Crippen LogP contribution in [-0.4, -0.2) is 18.3 Å². The van der Waals surface area contributed by atoms with Crippen molar-refractivity contribution in [1.82, 2.24) is 0 Å². The van der Waals surface area contributed by atoms with Crippen molar-refractivity contribution < 1.29 is 14.0 Å². The third-order valence-corrected chi connectivity index (χ3v) is 5.40. The molecule has 0 amide bonds. The number of hydrogen-bond donors (Lipinski definition) is 0. The van der Waals surface area contributed by atoms with Gasteiger partial charge in [0.05, 0.1) is 11.2 Å². The zero-order valence-corrected chi connectivity index (χ0v) is 15.2. The van der Waals surface area contributed by atoms with Crippen molar-refractivity contribution in [3.8, 4) is 5.75 Å². The summed E-state index contributed by atoms with van der Waals surface area (Å²) in [4.78, 5) is 0. The van der Waals surface area contributed by atoms with Gasteiger partial charge in [-0.1, -0.05) is 48.5 Å². The summed E-state index contributed by atoms with van der Waals surface area (Å²) in [6.45, 7) is 8.26. The Labute approximate surface area is 149 Å². The lowest BCUT2D eigenvalue weighted by atomic mass is 9.78. The van der Waals surface area contributed by atoms with Gasteiger partial charge in [-0.25, -0.2) is 0 Å². The number of fused-ring (bicyclic) bond motifs is 1. The van der Waals surface area contributed by atoms with E-state index in [2.05, 4.69) is 64.1 Å². The number of ether oxygens (including phenoxy) is 1. The zero-order valence-electron chi connectivity index (χ0n) is 15.2. The molecule has 0 spiro atoms. The minimum Gasteiger partial charge on any atom is -0.481 e. The van der Waals surface area contributed by atoms with Gasteiger partial charge in [-0.05, 0) is 50.9 Å². The third kappa shape index (κ3) is 2.90. The van der Waals surface area contributed by atoms with Crippen LogP contribution in [0.1, 0.15) is 44.9 Å². The standard InChI is InChI=1S/C21H23BO3/c1-20(2)21(3,4)25-22(24-20)17-12-10-16-11-13-18(23-19(16)14-17)15-8-6-5-7-9-15/h5-14,18H,1-4H3. The largest absolute Gasteiger partial charge is 0.494 e. The first-order chi connectivity index (χ1) is 11.9. The first-order valence-corrected chi connectivity index (χ1v) is 8.75. The molecule has 0 aromatic heterocycles. The predicted octanol–water partition coefficient (Wildman–Crippen LogP) is 4.13. The van der Waals surface area contributed by atoms with Crippen molar-refractivity contribution >= 4 is 18.7 Å². The van der Waals surface area contributed by atoms with Crippen molar-refractivity contribution in [3.05, 3.63) is 65.7 Å². The van der Waals surface area contributed by atoms with Crippen LogP contribution >= 0.6 is 0 Å². The van der Waals surface area contributed by atoms with Gasteiger partial charge in [0.15, 0.2) is 0 Å². The summed E-state index contributed by atoms with van der Waals surface area (Å²) >= 11 is 0. The van der Waals surface area contributed by atoms with E-state index in [0.717, 1.165) is 22.3 Å². The van der Waals surface area contributed by atoms with Gasteiger partial charge in [-0.2, -0.15) is 0 Å². The fourth-order valence-corrected chi connectivity index (χ4v) is 3.11. The summed E-state index contributed by atoms with van der Waals surface area (Å²) in [6, 6.07) is 16.4. The maximum atomic E-state index is 6.22. The van der Waals surface area contributed by atoms with Crippen LogP contribution in [0.15, 0.2) is 54.6 Å². The Morgan fingerprint density at radius 2 is 1.56 bits per heavy atom. The van der Waals surface area contributed by atoms with E-state index in [1.54, 1.807) is 0 Å². The van der Waals surface area contributed by atoms with Crippen molar-refractivity contribution in [3.63, 3.8) is 0 Å². The molecule has 2 aromatic carbocycles. The highest BCUT2D eigenvalue weighted by Crippen LogP contribution is 2.37. The molecule has 1 saturated heterocycles. The summed E-state index contributed by atoms with van der Waals surface area (Å²) in [7, 11) is -0.375. The lowest BCUT2D eigenvalue weighted by Gasteiger charge is -2.32. The molecule has 0 bridgehead atoms. The molecular formula is C21H23BO3. The summed E-state index contributed by atoms with van der Waals surface area (Å²) in [5.41, 5.74) is 2.51. The summed E-state index contributed by atoms with van der Waals surface area (Å²) in [5, 5.41) is 0. The minimum atomic E-state index is -0.375. The number of rotatable bonds is 2. The smallest absolute Gasteiger partial charge is 0.481 e. The molecule has 0 aliphatic carbocycles. The summed E-state index contributed by atoms with van der Waals surface area (Å²) in [5.74, 6) is 0.864. The summed E-state index contributed by atoms with van der Waals surface area (Å²) < 4.78 is 18.5. The average molecular weight is 334 g/mol. The van der Waals surface area contributed by atoms with Gasteiger partial charge >= 0.3 is 7.12 Å². The van der Waals surface area contributed by atoms with E-state index < -0.39 is 0 Å². The molecule has 0 saturated carbocycles. The van der Waals surface area contributed by atoms with E-state index in [4.69, 9.17) is 14.0 Å². The molecule has 0 radical (unpaired) electrons. The van der Waals surface area contributed by atoms with Gasteiger partial charge in [0.25, 0.3) is 0 Å². The Morgan fingerprint density at radius 1 is 0.880 bits per heavy atom.